The molecule has 1 aromatic heterocycles. The van der Waals surface area contributed by atoms with Gasteiger partial charge in [-0.15, -0.1) is 0 Å². The number of fused-ring (bicyclic) bond motifs is 1. The number of methoxy groups -OCH3 is 1. The highest BCUT2D eigenvalue weighted by molar-refractivity contribution is 7.22. The molecule has 0 spiro atoms. The molecule has 1 atom stereocenters. The summed E-state index contributed by atoms with van der Waals surface area (Å²) in [6.07, 6.45) is -1.03. The lowest BCUT2D eigenvalue weighted by Crippen LogP contribution is -2.25. The molecule has 0 saturated carbocycles. The van der Waals surface area contributed by atoms with Gasteiger partial charge in [0.1, 0.15) is 5.75 Å². The molecule has 1 amide bonds. The minimum atomic E-state index is -1.03. The highest BCUT2D eigenvalue weighted by Crippen LogP contribution is 2.30. The summed E-state index contributed by atoms with van der Waals surface area (Å²) in [6.45, 7) is 1.27. The van der Waals surface area contributed by atoms with Crippen LogP contribution in [0.3, 0.4) is 0 Å². The molecule has 128 valence electrons. The van der Waals surface area contributed by atoms with E-state index in [2.05, 4.69) is 10.3 Å². The fraction of sp³-hybridized carbons (Fsp3) is 0.167. The average molecular weight is 356 g/mol. The molecular formula is C18H16N2O4S. The maximum Gasteiger partial charge on any atom is 0.303 e. The van der Waals surface area contributed by atoms with Crippen molar-refractivity contribution in [3.05, 3.63) is 54.1 Å². The number of rotatable bonds is 5. The number of aromatic nitrogens is 1. The summed E-state index contributed by atoms with van der Waals surface area (Å²) in [7, 11) is 1.59. The predicted octanol–water partition coefficient (Wildman–Crippen LogP) is 3.55. The van der Waals surface area contributed by atoms with Gasteiger partial charge in [0.25, 0.3) is 5.91 Å². The molecule has 1 heterocycles. The van der Waals surface area contributed by atoms with Crippen LogP contribution >= 0.6 is 11.3 Å². The van der Waals surface area contributed by atoms with Crippen LogP contribution in [0.25, 0.3) is 10.2 Å². The normalized spacial score (nSPS) is 11.8. The molecule has 0 saturated heterocycles. The number of esters is 1. The number of nitrogens with one attached hydrogen (secondary N) is 1. The summed E-state index contributed by atoms with van der Waals surface area (Å²) in [4.78, 5) is 28.3. The van der Waals surface area contributed by atoms with Gasteiger partial charge < -0.3 is 9.47 Å². The monoisotopic (exact) mass is 356 g/mol. The summed E-state index contributed by atoms with van der Waals surface area (Å²) in [5, 5.41) is 3.16. The molecule has 0 fully saturated rings. The van der Waals surface area contributed by atoms with Gasteiger partial charge in [-0.1, -0.05) is 41.7 Å². The van der Waals surface area contributed by atoms with Gasteiger partial charge in [0.05, 0.1) is 17.3 Å². The topological polar surface area (TPSA) is 77.5 Å². The van der Waals surface area contributed by atoms with Crippen LogP contribution in [0.2, 0.25) is 0 Å². The number of benzene rings is 2. The summed E-state index contributed by atoms with van der Waals surface area (Å²) >= 11 is 1.32. The first-order valence-electron chi connectivity index (χ1n) is 7.54. The number of amides is 1. The molecule has 1 unspecified atom stereocenters. The molecule has 3 rings (SSSR count). The van der Waals surface area contributed by atoms with Crippen LogP contribution in [0.4, 0.5) is 5.13 Å². The Balaban J connectivity index is 1.84. The van der Waals surface area contributed by atoms with Crippen molar-refractivity contribution in [3.63, 3.8) is 0 Å². The highest BCUT2D eigenvalue weighted by Gasteiger charge is 2.24. The number of carbonyl (C=O) groups excluding carboxylic acids is 2. The molecular weight excluding hydrogens is 340 g/mol. The van der Waals surface area contributed by atoms with E-state index >= 15 is 0 Å². The lowest BCUT2D eigenvalue weighted by Gasteiger charge is -2.16. The molecule has 0 bridgehead atoms. The zero-order valence-electron chi connectivity index (χ0n) is 13.7. The highest BCUT2D eigenvalue weighted by atomic mass is 32.1. The number of ether oxygens (including phenoxy) is 2. The van der Waals surface area contributed by atoms with Crippen molar-refractivity contribution in [1.29, 1.82) is 0 Å². The second-order valence-electron chi connectivity index (χ2n) is 5.24. The first-order chi connectivity index (χ1) is 12.1. The molecule has 7 heteroatoms. The van der Waals surface area contributed by atoms with Crippen molar-refractivity contribution in [1.82, 2.24) is 4.98 Å². The molecule has 0 radical (unpaired) electrons. The van der Waals surface area contributed by atoms with Crippen LogP contribution in [0.15, 0.2) is 48.5 Å². The van der Waals surface area contributed by atoms with E-state index in [1.165, 1.54) is 18.3 Å². The van der Waals surface area contributed by atoms with Gasteiger partial charge in [0, 0.05) is 12.5 Å². The maximum absolute atomic E-state index is 12.6. The Morgan fingerprint density at radius 2 is 1.92 bits per heavy atom. The van der Waals surface area contributed by atoms with Gasteiger partial charge in [-0.2, -0.15) is 0 Å². The minimum Gasteiger partial charge on any atom is -0.497 e. The van der Waals surface area contributed by atoms with Crippen molar-refractivity contribution in [2.24, 2.45) is 0 Å². The largest absolute Gasteiger partial charge is 0.497 e. The Morgan fingerprint density at radius 1 is 1.16 bits per heavy atom. The second kappa shape index (κ2) is 7.31. The zero-order chi connectivity index (χ0) is 17.8. The number of carbonyl (C=O) groups is 2. The van der Waals surface area contributed by atoms with Crippen molar-refractivity contribution in [3.8, 4) is 5.75 Å². The van der Waals surface area contributed by atoms with Crippen molar-refractivity contribution < 1.29 is 19.1 Å². The lowest BCUT2D eigenvalue weighted by molar-refractivity contribution is -0.152. The Kier molecular flexibility index (Phi) is 4.95. The Hall–Kier alpha value is -2.93. The average Bonchev–Trinajstić information content (AvgIpc) is 3.01. The number of anilines is 1. The van der Waals surface area contributed by atoms with Crippen LogP contribution in [0, 0.1) is 0 Å². The van der Waals surface area contributed by atoms with E-state index in [-0.39, 0.29) is 0 Å². The first kappa shape index (κ1) is 16.9. The van der Waals surface area contributed by atoms with E-state index in [1.807, 2.05) is 18.2 Å². The number of nitrogens with zero attached hydrogens (tertiary/aromatic N) is 1. The van der Waals surface area contributed by atoms with Crippen LogP contribution in [0.5, 0.6) is 5.75 Å². The van der Waals surface area contributed by atoms with E-state index in [0.717, 1.165) is 16.0 Å². The van der Waals surface area contributed by atoms with Gasteiger partial charge in [-0.25, -0.2) is 4.98 Å². The predicted molar refractivity (Wildman–Crippen MR) is 95.8 cm³/mol. The fourth-order valence-electron chi connectivity index (χ4n) is 2.32. The van der Waals surface area contributed by atoms with E-state index < -0.39 is 18.0 Å². The van der Waals surface area contributed by atoms with E-state index in [0.29, 0.717) is 10.7 Å². The number of hydrogen-bond donors (Lipinski definition) is 1. The molecule has 0 aliphatic rings. The zero-order valence-corrected chi connectivity index (χ0v) is 14.5. The summed E-state index contributed by atoms with van der Waals surface area (Å²) in [5.41, 5.74) is 1.35. The Morgan fingerprint density at radius 3 is 2.60 bits per heavy atom. The first-order valence-corrected chi connectivity index (χ1v) is 8.36. The molecule has 0 aliphatic carbocycles. The van der Waals surface area contributed by atoms with Crippen molar-refractivity contribution in [2.75, 3.05) is 12.4 Å². The van der Waals surface area contributed by atoms with Crippen LogP contribution in [-0.2, 0) is 14.3 Å². The van der Waals surface area contributed by atoms with Crippen molar-refractivity contribution >= 4 is 38.6 Å². The SMILES string of the molecule is COc1ccc2nc(NC(=O)C(OC(C)=O)c3ccccc3)sc2c1. The third-order valence-electron chi connectivity index (χ3n) is 3.45. The maximum atomic E-state index is 12.6. The summed E-state index contributed by atoms with van der Waals surface area (Å²) in [5.74, 6) is -0.262. The van der Waals surface area contributed by atoms with Crippen LogP contribution in [0.1, 0.15) is 18.6 Å². The molecule has 3 aromatic rings. The van der Waals surface area contributed by atoms with E-state index in [9.17, 15) is 9.59 Å². The second-order valence-corrected chi connectivity index (χ2v) is 6.27. The third-order valence-corrected chi connectivity index (χ3v) is 4.38. The minimum absolute atomic E-state index is 0.432. The van der Waals surface area contributed by atoms with Crippen LogP contribution in [-0.4, -0.2) is 24.0 Å². The summed E-state index contributed by atoms with van der Waals surface area (Å²) in [6, 6.07) is 14.3. The molecule has 25 heavy (non-hydrogen) atoms. The van der Waals surface area contributed by atoms with Gasteiger partial charge in [-0.3, -0.25) is 14.9 Å². The summed E-state index contributed by atoms with van der Waals surface area (Å²) < 4.78 is 11.3. The van der Waals surface area contributed by atoms with Gasteiger partial charge in [-0.05, 0) is 18.2 Å². The standard InChI is InChI=1S/C18H16N2O4S/c1-11(21)24-16(12-6-4-3-5-7-12)17(22)20-18-19-14-9-8-13(23-2)10-15(14)25-18/h3-10,16H,1-2H3,(H,19,20,22). The Bertz CT molecular complexity index is 908. The molecule has 6 nitrogen and oxygen atoms in total. The van der Waals surface area contributed by atoms with Gasteiger partial charge in [0.15, 0.2) is 5.13 Å². The molecule has 1 N–H and O–H groups in total. The van der Waals surface area contributed by atoms with E-state index in [1.54, 1.807) is 37.4 Å². The van der Waals surface area contributed by atoms with E-state index in [4.69, 9.17) is 9.47 Å². The van der Waals surface area contributed by atoms with Gasteiger partial charge in [0.2, 0.25) is 6.10 Å². The lowest BCUT2D eigenvalue weighted by atomic mass is 10.1. The third kappa shape index (κ3) is 3.95. The molecule has 0 aliphatic heterocycles. The number of hydrogen-bond acceptors (Lipinski definition) is 6. The van der Waals surface area contributed by atoms with Crippen LogP contribution < -0.4 is 10.1 Å². The quantitative estimate of drug-likeness (QED) is 0.708. The number of thiazole rings is 1. The smallest absolute Gasteiger partial charge is 0.303 e. The molecule has 2 aromatic carbocycles. The van der Waals surface area contributed by atoms with Crippen molar-refractivity contribution in [2.45, 2.75) is 13.0 Å². The Labute approximate surface area is 148 Å². The fourth-order valence-corrected chi connectivity index (χ4v) is 3.22. The van der Waals surface area contributed by atoms with Gasteiger partial charge >= 0.3 is 5.97 Å².